The molecule has 2 N–H and O–H groups in total. The van der Waals surface area contributed by atoms with E-state index in [4.69, 9.17) is 0 Å². The standard InChI is InChI=1S/C12H18O2/c1-3-4-5-6-10-7-11(13)8-12(14)9(10)2/h7-8,13-14H,3-6H2,1-2H3. The third-order valence-electron chi connectivity index (χ3n) is 2.52. The van der Waals surface area contributed by atoms with E-state index in [9.17, 15) is 10.2 Å². The maximum Gasteiger partial charge on any atom is 0.122 e. The number of rotatable bonds is 4. The molecule has 1 aromatic rings. The van der Waals surface area contributed by atoms with Gasteiger partial charge in [0.25, 0.3) is 0 Å². The molecule has 0 heterocycles. The minimum Gasteiger partial charge on any atom is -0.508 e. The van der Waals surface area contributed by atoms with Crippen LogP contribution in [0.4, 0.5) is 0 Å². The molecule has 0 aromatic heterocycles. The van der Waals surface area contributed by atoms with Crippen LogP contribution in [0.1, 0.15) is 37.3 Å². The summed E-state index contributed by atoms with van der Waals surface area (Å²) in [5, 5.41) is 18.8. The van der Waals surface area contributed by atoms with E-state index in [2.05, 4.69) is 6.92 Å². The highest BCUT2D eigenvalue weighted by atomic mass is 16.3. The molecule has 0 bridgehead atoms. The van der Waals surface area contributed by atoms with Gasteiger partial charge >= 0.3 is 0 Å². The van der Waals surface area contributed by atoms with Crippen molar-refractivity contribution < 1.29 is 10.2 Å². The average molecular weight is 194 g/mol. The van der Waals surface area contributed by atoms with Gasteiger partial charge in [-0.3, -0.25) is 0 Å². The Hall–Kier alpha value is -1.18. The molecule has 0 aliphatic heterocycles. The molecule has 0 fully saturated rings. The van der Waals surface area contributed by atoms with Crippen LogP contribution in [0.15, 0.2) is 12.1 Å². The molecule has 2 heteroatoms. The van der Waals surface area contributed by atoms with Crippen LogP contribution in [0.3, 0.4) is 0 Å². The van der Waals surface area contributed by atoms with Crippen molar-refractivity contribution >= 4 is 0 Å². The summed E-state index contributed by atoms with van der Waals surface area (Å²) >= 11 is 0. The summed E-state index contributed by atoms with van der Waals surface area (Å²) in [6.45, 7) is 4.04. The van der Waals surface area contributed by atoms with Gasteiger partial charge in [-0.2, -0.15) is 0 Å². The molecule has 0 saturated heterocycles. The topological polar surface area (TPSA) is 40.5 Å². The van der Waals surface area contributed by atoms with Crippen molar-refractivity contribution in [1.82, 2.24) is 0 Å². The second-order valence-electron chi connectivity index (χ2n) is 3.71. The first-order valence-electron chi connectivity index (χ1n) is 5.16. The predicted molar refractivity (Wildman–Crippen MR) is 57.7 cm³/mol. The van der Waals surface area contributed by atoms with Crippen molar-refractivity contribution in [1.29, 1.82) is 0 Å². The van der Waals surface area contributed by atoms with Crippen LogP contribution in [0.25, 0.3) is 0 Å². The molecule has 0 atom stereocenters. The third kappa shape index (κ3) is 2.66. The summed E-state index contributed by atoms with van der Waals surface area (Å²) in [4.78, 5) is 0. The van der Waals surface area contributed by atoms with Crippen molar-refractivity contribution in [3.8, 4) is 11.5 Å². The Kier molecular flexibility index (Phi) is 3.81. The average Bonchev–Trinajstić information content (AvgIpc) is 2.13. The van der Waals surface area contributed by atoms with Crippen LogP contribution in [-0.2, 0) is 6.42 Å². The maximum absolute atomic E-state index is 9.48. The van der Waals surface area contributed by atoms with E-state index in [0.29, 0.717) is 0 Å². The molecule has 0 unspecified atom stereocenters. The smallest absolute Gasteiger partial charge is 0.122 e. The molecular weight excluding hydrogens is 176 g/mol. The van der Waals surface area contributed by atoms with E-state index in [1.807, 2.05) is 6.92 Å². The van der Waals surface area contributed by atoms with E-state index in [-0.39, 0.29) is 11.5 Å². The lowest BCUT2D eigenvalue weighted by Crippen LogP contribution is -1.90. The van der Waals surface area contributed by atoms with Gasteiger partial charge < -0.3 is 10.2 Å². The van der Waals surface area contributed by atoms with Gasteiger partial charge in [0.1, 0.15) is 11.5 Å². The van der Waals surface area contributed by atoms with Gasteiger partial charge in [-0.25, -0.2) is 0 Å². The number of aryl methyl sites for hydroxylation is 1. The normalized spacial score (nSPS) is 10.4. The molecule has 1 aromatic carbocycles. The molecule has 0 spiro atoms. The molecular formula is C12H18O2. The fourth-order valence-electron chi connectivity index (χ4n) is 1.57. The molecule has 78 valence electrons. The van der Waals surface area contributed by atoms with Gasteiger partial charge in [0.2, 0.25) is 0 Å². The second kappa shape index (κ2) is 4.89. The zero-order valence-corrected chi connectivity index (χ0v) is 8.88. The van der Waals surface area contributed by atoms with E-state index in [1.54, 1.807) is 6.07 Å². The minimum absolute atomic E-state index is 0.152. The fraction of sp³-hybridized carbons (Fsp3) is 0.500. The zero-order valence-electron chi connectivity index (χ0n) is 8.88. The first kappa shape index (κ1) is 10.9. The van der Waals surface area contributed by atoms with Crippen molar-refractivity contribution in [2.75, 3.05) is 0 Å². The molecule has 0 aliphatic carbocycles. The summed E-state index contributed by atoms with van der Waals surface area (Å²) in [7, 11) is 0. The molecule has 0 amide bonds. The Bertz CT molecular complexity index is 305. The van der Waals surface area contributed by atoms with Gasteiger partial charge in [-0.15, -0.1) is 0 Å². The second-order valence-corrected chi connectivity index (χ2v) is 3.71. The third-order valence-corrected chi connectivity index (χ3v) is 2.52. The van der Waals surface area contributed by atoms with E-state index >= 15 is 0 Å². The SMILES string of the molecule is CCCCCc1cc(O)cc(O)c1C. The highest BCUT2D eigenvalue weighted by molar-refractivity contribution is 5.44. The summed E-state index contributed by atoms with van der Waals surface area (Å²) in [5.74, 6) is 0.344. The van der Waals surface area contributed by atoms with Crippen LogP contribution in [0.5, 0.6) is 11.5 Å². The lowest BCUT2D eigenvalue weighted by Gasteiger charge is -2.08. The number of hydrogen-bond donors (Lipinski definition) is 2. The Balaban J connectivity index is 2.75. The number of benzene rings is 1. The maximum atomic E-state index is 9.48. The molecule has 0 radical (unpaired) electrons. The monoisotopic (exact) mass is 194 g/mol. The van der Waals surface area contributed by atoms with Gasteiger partial charge in [0, 0.05) is 6.07 Å². The fourth-order valence-corrected chi connectivity index (χ4v) is 1.57. The van der Waals surface area contributed by atoms with Gasteiger partial charge in [-0.05, 0) is 37.0 Å². The Morgan fingerprint density at radius 2 is 1.86 bits per heavy atom. The Labute approximate surface area is 85.2 Å². The van der Waals surface area contributed by atoms with Gasteiger partial charge in [-0.1, -0.05) is 19.8 Å². The quantitative estimate of drug-likeness (QED) is 0.723. The van der Waals surface area contributed by atoms with Crippen LogP contribution in [0, 0.1) is 6.92 Å². The Morgan fingerprint density at radius 1 is 1.14 bits per heavy atom. The van der Waals surface area contributed by atoms with E-state index in [0.717, 1.165) is 24.0 Å². The highest BCUT2D eigenvalue weighted by Crippen LogP contribution is 2.27. The van der Waals surface area contributed by atoms with Crippen molar-refractivity contribution in [3.63, 3.8) is 0 Å². The molecule has 0 saturated carbocycles. The minimum atomic E-state index is 0.152. The molecule has 2 nitrogen and oxygen atoms in total. The number of phenolic OH excluding ortho intramolecular Hbond substituents is 2. The summed E-state index contributed by atoms with van der Waals surface area (Å²) in [5.41, 5.74) is 1.94. The number of hydrogen-bond acceptors (Lipinski definition) is 2. The lowest BCUT2D eigenvalue weighted by atomic mass is 10.0. The number of unbranched alkanes of at least 4 members (excludes halogenated alkanes) is 2. The van der Waals surface area contributed by atoms with Crippen molar-refractivity contribution in [3.05, 3.63) is 23.3 Å². The van der Waals surface area contributed by atoms with E-state index < -0.39 is 0 Å². The zero-order chi connectivity index (χ0) is 10.6. The summed E-state index contributed by atoms with van der Waals surface area (Å²) in [6, 6.07) is 3.13. The number of phenols is 2. The van der Waals surface area contributed by atoms with Gasteiger partial charge in [0.05, 0.1) is 0 Å². The summed E-state index contributed by atoms with van der Waals surface area (Å²) in [6.07, 6.45) is 4.42. The van der Waals surface area contributed by atoms with Crippen LogP contribution in [-0.4, -0.2) is 10.2 Å². The van der Waals surface area contributed by atoms with E-state index in [1.165, 1.54) is 18.9 Å². The predicted octanol–water partition coefficient (Wildman–Crippen LogP) is 3.14. The largest absolute Gasteiger partial charge is 0.508 e. The molecule has 14 heavy (non-hydrogen) atoms. The van der Waals surface area contributed by atoms with Crippen molar-refractivity contribution in [2.24, 2.45) is 0 Å². The Morgan fingerprint density at radius 3 is 2.50 bits per heavy atom. The van der Waals surface area contributed by atoms with Crippen LogP contribution >= 0.6 is 0 Å². The van der Waals surface area contributed by atoms with Crippen LogP contribution in [0.2, 0.25) is 0 Å². The molecule has 1 rings (SSSR count). The first-order chi connectivity index (χ1) is 6.65. The van der Waals surface area contributed by atoms with Crippen LogP contribution < -0.4 is 0 Å². The number of aromatic hydroxyl groups is 2. The highest BCUT2D eigenvalue weighted by Gasteiger charge is 2.05. The van der Waals surface area contributed by atoms with Gasteiger partial charge in [0.15, 0.2) is 0 Å². The summed E-state index contributed by atoms with van der Waals surface area (Å²) < 4.78 is 0. The van der Waals surface area contributed by atoms with Crippen molar-refractivity contribution in [2.45, 2.75) is 39.5 Å². The lowest BCUT2D eigenvalue weighted by molar-refractivity contribution is 0.446. The molecule has 0 aliphatic rings. The first-order valence-corrected chi connectivity index (χ1v) is 5.16.